The number of hydrogen-bond donors (Lipinski definition) is 2. The first-order chi connectivity index (χ1) is 13.9. The van der Waals surface area contributed by atoms with Crippen molar-refractivity contribution in [1.82, 2.24) is 15.2 Å². The molecule has 1 aromatic carbocycles. The van der Waals surface area contributed by atoms with Crippen LogP contribution >= 0.6 is 22.7 Å². The Morgan fingerprint density at radius 3 is 2.59 bits per heavy atom. The van der Waals surface area contributed by atoms with Crippen LogP contribution in [0.5, 0.6) is 0 Å². The molecule has 0 radical (unpaired) electrons. The van der Waals surface area contributed by atoms with Crippen LogP contribution in [0.1, 0.15) is 11.1 Å². The summed E-state index contributed by atoms with van der Waals surface area (Å²) < 4.78 is 39.0. The van der Waals surface area contributed by atoms with Gasteiger partial charge in [0.25, 0.3) is 0 Å². The van der Waals surface area contributed by atoms with E-state index in [2.05, 4.69) is 26.6 Å². The molecule has 0 saturated carbocycles. The Labute approximate surface area is 172 Å². The molecular formula is C19H16F3N5S2. The van der Waals surface area contributed by atoms with Gasteiger partial charge in [-0.05, 0) is 41.6 Å². The molecule has 0 saturated heterocycles. The highest BCUT2D eigenvalue weighted by Crippen LogP contribution is 2.35. The molecule has 3 heterocycles. The molecule has 4 rings (SSSR count). The summed E-state index contributed by atoms with van der Waals surface area (Å²) >= 11 is 3.04. The molecule has 0 amide bonds. The highest BCUT2D eigenvalue weighted by molar-refractivity contribution is 7.26. The lowest BCUT2D eigenvalue weighted by molar-refractivity contribution is -0.137. The van der Waals surface area contributed by atoms with Crippen LogP contribution in [0.4, 0.5) is 18.3 Å². The molecule has 29 heavy (non-hydrogen) atoms. The molecule has 0 fully saturated rings. The second-order valence-electron chi connectivity index (χ2n) is 6.48. The Hall–Kier alpha value is -2.56. The largest absolute Gasteiger partial charge is 0.416 e. The lowest BCUT2D eigenvalue weighted by Crippen LogP contribution is -2.31. The molecule has 4 aromatic rings. The van der Waals surface area contributed by atoms with Crippen molar-refractivity contribution in [2.75, 3.05) is 11.9 Å². The third-order valence-electron chi connectivity index (χ3n) is 4.25. The Morgan fingerprint density at radius 1 is 1.07 bits per heavy atom. The van der Waals surface area contributed by atoms with Crippen LogP contribution in [0.15, 0.2) is 48.8 Å². The molecule has 1 atom stereocenters. The number of pyridine rings is 1. The number of nitrogens with one attached hydrogen (secondary N) is 1. The molecule has 10 heteroatoms. The highest BCUT2D eigenvalue weighted by atomic mass is 32.1. The van der Waals surface area contributed by atoms with Crippen molar-refractivity contribution in [1.29, 1.82) is 0 Å². The number of benzene rings is 1. The van der Waals surface area contributed by atoms with Crippen LogP contribution in [0, 0.1) is 0 Å². The summed E-state index contributed by atoms with van der Waals surface area (Å²) in [4.78, 5) is 5.14. The smallest absolute Gasteiger partial charge is 0.359 e. The molecule has 0 bridgehead atoms. The summed E-state index contributed by atoms with van der Waals surface area (Å²) in [5, 5.41) is 14.1. The number of halogens is 3. The predicted octanol–water partition coefficient (Wildman–Crippen LogP) is 4.82. The molecule has 3 N–H and O–H groups in total. The Balaban J connectivity index is 1.34. The number of fused-ring (bicyclic) bond motifs is 1. The van der Waals surface area contributed by atoms with Gasteiger partial charge in [-0.1, -0.05) is 23.5 Å². The SMILES string of the molecule is N[C@H](CNc1nnc(-c2cc3ccncc3s2)s1)Cc1ccc(C(F)(F)F)cc1. The molecule has 0 unspecified atom stereocenters. The van der Waals surface area contributed by atoms with Gasteiger partial charge in [0.15, 0.2) is 5.01 Å². The van der Waals surface area contributed by atoms with Gasteiger partial charge in [-0.25, -0.2) is 0 Å². The minimum atomic E-state index is -4.33. The highest BCUT2D eigenvalue weighted by Gasteiger charge is 2.29. The number of nitrogens with two attached hydrogens (primary N) is 1. The number of rotatable bonds is 6. The second kappa shape index (κ2) is 8.05. The fourth-order valence-electron chi connectivity index (χ4n) is 2.81. The van der Waals surface area contributed by atoms with Crippen molar-refractivity contribution in [2.45, 2.75) is 18.6 Å². The fourth-order valence-corrected chi connectivity index (χ4v) is 4.63. The lowest BCUT2D eigenvalue weighted by Gasteiger charge is -2.13. The second-order valence-corrected chi connectivity index (χ2v) is 8.54. The van der Waals surface area contributed by atoms with Crippen molar-refractivity contribution in [3.63, 3.8) is 0 Å². The van der Waals surface area contributed by atoms with Crippen LogP contribution in [0.2, 0.25) is 0 Å². The van der Waals surface area contributed by atoms with E-state index < -0.39 is 11.7 Å². The van der Waals surface area contributed by atoms with Gasteiger partial charge in [0.1, 0.15) is 0 Å². The van der Waals surface area contributed by atoms with E-state index in [0.717, 1.165) is 37.7 Å². The number of hydrogen-bond acceptors (Lipinski definition) is 7. The summed E-state index contributed by atoms with van der Waals surface area (Å²) in [5.41, 5.74) is 6.21. The zero-order valence-corrected chi connectivity index (χ0v) is 16.6. The Kier molecular flexibility index (Phi) is 5.48. The zero-order valence-electron chi connectivity index (χ0n) is 15.0. The van der Waals surface area contributed by atoms with Crippen LogP contribution in [-0.2, 0) is 12.6 Å². The average molecular weight is 436 g/mol. The molecule has 0 aliphatic rings. The zero-order chi connectivity index (χ0) is 20.4. The third kappa shape index (κ3) is 4.72. The van der Waals surface area contributed by atoms with E-state index in [0.29, 0.717) is 18.1 Å². The van der Waals surface area contributed by atoms with Crippen LogP contribution in [0.3, 0.4) is 0 Å². The van der Waals surface area contributed by atoms with Gasteiger partial charge in [-0.2, -0.15) is 13.2 Å². The standard InChI is InChI=1S/C19H16F3N5S2/c20-19(21,22)13-3-1-11(2-4-13)7-14(23)9-25-18-27-26-17(29-18)15-8-12-5-6-24-10-16(12)28-15/h1-6,8,10,14H,7,9,23H2,(H,25,27)/t14-/m0/s1. The predicted molar refractivity (Wildman–Crippen MR) is 110 cm³/mol. The van der Waals surface area contributed by atoms with Gasteiger partial charge in [-0.3, -0.25) is 4.98 Å². The van der Waals surface area contributed by atoms with E-state index in [1.54, 1.807) is 17.5 Å². The number of anilines is 1. The minimum absolute atomic E-state index is 0.269. The van der Waals surface area contributed by atoms with Crippen LogP contribution in [-0.4, -0.2) is 27.8 Å². The monoisotopic (exact) mass is 435 g/mol. The quantitative estimate of drug-likeness (QED) is 0.454. The minimum Gasteiger partial charge on any atom is -0.359 e. The van der Waals surface area contributed by atoms with Crippen LogP contribution in [0.25, 0.3) is 20.0 Å². The first kappa shape index (κ1) is 19.7. The topological polar surface area (TPSA) is 76.7 Å². The molecule has 5 nitrogen and oxygen atoms in total. The molecule has 0 aliphatic heterocycles. The van der Waals surface area contributed by atoms with E-state index in [1.807, 2.05) is 12.3 Å². The summed E-state index contributed by atoms with van der Waals surface area (Å²) in [6, 6.07) is 8.82. The number of alkyl halides is 3. The van der Waals surface area contributed by atoms with Gasteiger partial charge in [0, 0.05) is 25.0 Å². The van der Waals surface area contributed by atoms with Crippen LogP contribution < -0.4 is 11.1 Å². The number of aromatic nitrogens is 3. The van der Waals surface area contributed by atoms with Gasteiger partial charge in [0.2, 0.25) is 5.13 Å². The van der Waals surface area contributed by atoms with E-state index in [9.17, 15) is 13.2 Å². The summed E-state index contributed by atoms with van der Waals surface area (Å²) in [5.74, 6) is 0. The molecule has 0 aliphatic carbocycles. The van der Waals surface area contributed by atoms with Gasteiger partial charge >= 0.3 is 6.18 Å². The molecule has 150 valence electrons. The van der Waals surface area contributed by atoms with Crippen molar-refractivity contribution in [3.05, 3.63) is 59.9 Å². The summed E-state index contributed by atoms with van der Waals surface area (Å²) in [6.45, 7) is 0.436. The average Bonchev–Trinajstić information content (AvgIpc) is 3.33. The summed E-state index contributed by atoms with van der Waals surface area (Å²) in [6.07, 6.45) is -0.295. The maximum absolute atomic E-state index is 12.6. The van der Waals surface area contributed by atoms with E-state index in [1.165, 1.54) is 23.5 Å². The first-order valence-corrected chi connectivity index (χ1v) is 10.3. The molecule has 3 aromatic heterocycles. The summed E-state index contributed by atoms with van der Waals surface area (Å²) in [7, 11) is 0. The van der Waals surface area contributed by atoms with Crippen molar-refractivity contribution in [3.8, 4) is 9.88 Å². The first-order valence-electron chi connectivity index (χ1n) is 8.71. The maximum atomic E-state index is 12.6. The third-order valence-corrected chi connectivity index (χ3v) is 6.39. The Morgan fingerprint density at radius 2 is 1.86 bits per heavy atom. The van der Waals surface area contributed by atoms with Gasteiger partial charge in [-0.15, -0.1) is 21.5 Å². The van der Waals surface area contributed by atoms with Crippen molar-refractivity contribution >= 4 is 37.9 Å². The van der Waals surface area contributed by atoms with E-state index in [4.69, 9.17) is 5.73 Å². The van der Waals surface area contributed by atoms with Gasteiger partial charge in [0.05, 0.1) is 15.1 Å². The van der Waals surface area contributed by atoms with Crippen molar-refractivity contribution in [2.24, 2.45) is 5.73 Å². The normalized spacial score (nSPS) is 13.0. The van der Waals surface area contributed by atoms with Gasteiger partial charge < -0.3 is 11.1 Å². The molecule has 0 spiro atoms. The number of nitrogens with zero attached hydrogens (tertiary/aromatic N) is 3. The fraction of sp³-hybridized carbons (Fsp3) is 0.211. The Bertz CT molecular complexity index is 1070. The molecular weight excluding hydrogens is 419 g/mol. The van der Waals surface area contributed by atoms with E-state index in [-0.39, 0.29) is 6.04 Å². The van der Waals surface area contributed by atoms with E-state index >= 15 is 0 Å². The number of thiophene rings is 1. The lowest BCUT2D eigenvalue weighted by atomic mass is 10.0. The van der Waals surface area contributed by atoms with Crippen molar-refractivity contribution < 1.29 is 13.2 Å². The maximum Gasteiger partial charge on any atom is 0.416 e.